The van der Waals surface area contributed by atoms with Gasteiger partial charge in [0.15, 0.2) is 10.8 Å². The zero-order chi connectivity index (χ0) is 11.0. The van der Waals surface area contributed by atoms with Crippen LogP contribution < -0.4 is 5.73 Å². The molecule has 0 saturated heterocycles. The van der Waals surface area contributed by atoms with Crippen LogP contribution >= 0.6 is 11.6 Å². The lowest BCUT2D eigenvalue weighted by atomic mass is 10.2. The third-order valence-electron chi connectivity index (χ3n) is 2.07. The first-order valence-corrected chi connectivity index (χ1v) is 5.09. The Hall–Kier alpha value is -1.36. The number of fused-ring (bicyclic) bond motifs is 1. The molecule has 2 N–H and O–H groups in total. The third-order valence-corrected chi connectivity index (χ3v) is 2.35. The fourth-order valence-corrected chi connectivity index (χ4v) is 1.73. The average Bonchev–Trinajstić information content (AvgIpc) is 2.43. The molecule has 0 atom stereocenters. The molecule has 0 bridgehead atoms. The molecular formula is C9H12ClN5. The van der Waals surface area contributed by atoms with Gasteiger partial charge in [0.05, 0.1) is 0 Å². The summed E-state index contributed by atoms with van der Waals surface area (Å²) < 4.78 is 1.85. The molecule has 0 aromatic carbocycles. The van der Waals surface area contributed by atoms with Gasteiger partial charge >= 0.3 is 0 Å². The van der Waals surface area contributed by atoms with Gasteiger partial charge < -0.3 is 10.3 Å². The van der Waals surface area contributed by atoms with Gasteiger partial charge in [-0.25, -0.2) is 9.97 Å². The van der Waals surface area contributed by atoms with E-state index in [-0.39, 0.29) is 0 Å². The fourth-order valence-electron chi connectivity index (χ4n) is 1.50. The number of hydrogen-bond acceptors (Lipinski definition) is 4. The van der Waals surface area contributed by atoms with Crippen LogP contribution in [0.15, 0.2) is 6.33 Å². The number of imidazole rings is 1. The van der Waals surface area contributed by atoms with Gasteiger partial charge in [0.25, 0.3) is 0 Å². The molecule has 0 radical (unpaired) electrons. The van der Waals surface area contributed by atoms with E-state index in [0.29, 0.717) is 28.2 Å². The van der Waals surface area contributed by atoms with Crippen molar-refractivity contribution in [2.75, 3.05) is 5.73 Å². The van der Waals surface area contributed by atoms with Crippen molar-refractivity contribution in [3.63, 3.8) is 0 Å². The van der Waals surface area contributed by atoms with Crippen LogP contribution in [0.1, 0.15) is 13.8 Å². The van der Waals surface area contributed by atoms with Gasteiger partial charge in [0.2, 0.25) is 5.95 Å². The Morgan fingerprint density at radius 3 is 2.87 bits per heavy atom. The number of aromatic nitrogens is 4. The maximum atomic E-state index is 5.99. The van der Waals surface area contributed by atoms with Crippen molar-refractivity contribution >= 4 is 28.7 Å². The summed E-state index contributed by atoms with van der Waals surface area (Å²) in [4.78, 5) is 12.1. The number of nitrogens with two attached hydrogens (primary N) is 1. The maximum absolute atomic E-state index is 5.99. The molecule has 0 amide bonds. The Kier molecular flexibility index (Phi) is 2.48. The summed E-state index contributed by atoms with van der Waals surface area (Å²) in [5.74, 6) is 0.891. The highest BCUT2D eigenvalue weighted by Crippen LogP contribution is 2.22. The lowest BCUT2D eigenvalue weighted by Crippen LogP contribution is -2.08. The maximum Gasteiger partial charge on any atom is 0.202 e. The summed E-state index contributed by atoms with van der Waals surface area (Å²) in [6, 6.07) is 0. The summed E-state index contributed by atoms with van der Waals surface area (Å²) in [5, 5.41) is 0.393. The van der Waals surface area contributed by atoms with Crippen molar-refractivity contribution < 1.29 is 0 Å². The van der Waals surface area contributed by atoms with Gasteiger partial charge in [0, 0.05) is 6.54 Å². The molecule has 0 aliphatic heterocycles. The summed E-state index contributed by atoms with van der Waals surface area (Å²) in [6.07, 6.45) is 1.39. The van der Waals surface area contributed by atoms with Gasteiger partial charge in [-0.2, -0.15) is 4.98 Å². The summed E-state index contributed by atoms with van der Waals surface area (Å²) in [7, 11) is 0. The zero-order valence-electron chi connectivity index (χ0n) is 8.61. The van der Waals surface area contributed by atoms with Crippen LogP contribution in [-0.4, -0.2) is 19.5 Å². The van der Waals surface area contributed by atoms with Crippen LogP contribution in [0, 0.1) is 5.92 Å². The van der Waals surface area contributed by atoms with Crippen molar-refractivity contribution in [2.45, 2.75) is 20.4 Å². The highest BCUT2D eigenvalue weighted by molar-refractivity contribution is 6.33. The van der Waals surface area contributed by atoms with E-state index in [0.717, 1.165) is 6.54 Å². The van der Waals surface area contributed by atoms with E-state index in [9.17, 15) is 0 Å². The molecule has 6 heteroatoms. The van der Waals surface area contributed by atoms with Crippen LogP contribution in [0.5, 0.6) is 0 Å². The van der Waals surface area contributed by atoms with E-state index in [1.807, 2.05) is 4.57 Å². The number of hydrogen-bond donors (Lipinski definition) is 1. The molecule has 0 fully saturated rings. The SMILES string of the molecule is CC(C)Cn1c(N)nc2ncnc(Cl)c21. The van der Waals surface area contributed by atoms with Crippen molar-refractivity contribution in [3.05, 3.63) is 11.5 Å². The van der Waals surface area contributed by atoms with Crippen LogP contribution in [0.25, 0.3) is 11.2 Å². The second kappa shape index (κ2) is 3.66. The first-order chi connectivity index (χ1) is 7.09. The molecule has 0 unspecified atom stereocenters. The normalized spacial score (nSPS) is 11.5. The largest absolute Gasteiger partial charge is 0.369 e. The lowest BCUT2D eigenvalue weighted by Gasteiger charge is -2.08. The summed E-state index contributed by atoms with van der Waals surface area (Å²) >= 11 is 5.99. The Labute approximate surface area is 92.3 Å². The average molecular weight is 226 g/mol. The Morgan fingerprint density at radius 2 is 2.20 bits per heavy atom. The smallest absolute Gasteiger partial charge is 0.202 e. The van der Waals surface area contributed by atoms with Crippen molar-refractivity contribution in [1.82, 2.24) is 19.5 Å². The summed E-state index contributed by atoms with van der Waals surface area (Å²) in [5.41, 5.74) is 7.06. The van der Waals surface area contributed by atoms with Crippen LogP contribution in [0.2, 0.25) is 5.15 Å². The van der Waals surface area contributed by atoms with Gasteiger partial charge in [-0.05, 0) is 5.92 Å². The monoisotopic (exact) mass is 225 g/mol. The van der Waals surface area contributed by atoms with E-state index >= 15 is 0 Å². The second-order valence-electron chi connectivity index (χ2n) is 3.81. The molecule has 0 aliphatic rings. The minimum Gasteiger partial charge on any atom is -0.369 e. The quantitative estimate of drug-likeness (QED) is 0.791. The van der Waals surface area contributed by atoms with Gasteiger partial charge in [0.1, 0.15) is 11.8 Å². The molecular weight excluding hydrogens is 214 g/mol. The Balaban J connectivity index is 2.65. The number of nitrogen functional groups attached to an aromatic ring is 1. The van der Waals surface area contributed by atoms with E-state index in [4.69, 9.17) is 17.3 Å². The van der Waals surface area contributed by atoms with E-state index in [1.54, 1.807) is 0 Å². The number of rotatable bonds is 2. The first kappa shape index (κ1) is 10.2. The molecule has 2 rings (SSSR count). The molecule has 5 nitrogen and oxygen atoms in total. The molecule has 0 saturated carbocycles. The number of nitrogens with zero attached hydrogens (tertiary/aromatic N) is 4. The molecule has 80 valence electrons. The number of halogens is 1. The van der Waals surface area contributed by atoms with Crippen molar-refractivity contribution in [2.24, 2.45) is 5.92 Å². The zero-order valence-corrected chi connectivity index (χ0v) is 9.36. The van der Waals surface area contributed by atoms with Crippen LogP contribution in [0.3, 0.4) is 0 Å². The predicted molar refractivity (Wildman–Crippen MR) is 59.6 cm³/mol. The Bertz CT molecular complexity index is 490. The van der Waals surface area contributed by atoms with Crippen molar-refractivity contribution in [3.8, 4) is 0 Å². The van der Waals surface area contributed by atoms with E-state index < -0.39 is 0 Å². The minimum absolute atomic E-state index is 0.393. The highest BCUT2D eigenvalue weighted by atomic mass is 35.5. The summed E-state index contributed by atoms with van der Waals surface area (Å²) in [6.45, 7) is 4.96. The van der Waals surface area contributed by atoms with Gasteiger partial charge in [-0.15, -0.1) is 0 Å². The fraction of sp³-hybridized carbons (Fsp3) is 0.444. The molecule has 0 spiro atoms. The molecule has 2 aromatic rings. The molecule has 2 aromatic heterocycles. The van der Waals surface area contributed by atoms with Crippen LogP contribution in [-0.2, 0) is 6.54 Å². The Morgan fingerprint density at radius 1 is 1.47 bits per heavy atom. The van der Waals surface area contributed by atoms with Gasteiger partial charge in [-0.3, -0.25) is 0 Å². The first-order valence-electron chi connectivity index (χ1n) is 4.71. The van der Waals surface area contributed by atoms with E-state index in [1.165, 1.54) is 6.33 Å². The van der Waals surface area contributed by atoms with Crippen LogP contribution in [0.4, 0.5) is 5.95 Å². The second-order valence-corrected chi connectivity index (χ2v) is 4.17. The molecule has 2 heterocycles. The lowest BCUT2D eigenvalue weighted by molar-refractivity contribution is 0.537. The number of anilines is 1. The highest BCUT2D eigenvalue weighted by Gasteiger charge is 2.13. The minimum atomic E-state index is 0.393. The van der Waals surface area contributed by atoms with Crippen molar-refractivity contribution in [1.29, 1.82) is 0 Å². The predicted octanol–water partition coefficient (Wildman–Crippen LogP) is 1.72. The topological polar surface area (TPSA) is 69.6 Å². The van der Waals surface area contributed by atoms with Gasteiger partial charge in [-0.1, -0.05) is 25.4 Å². The standard InChI is InChI=1S/C9H12ClN5/c1-5(2)3-15-6-7(10)12-4-13-8(6)14-9(15)11/h4-5H,3H2,1-2H3,(H2,11,12,13,14). The third kappa shape index (κ3) is 1.74. The molecule has 15 heavy (non-hydrogen) atoms. The van der Waals surface area contributed by atoms with E-state index in [2.05, 4.69) is 28.8 Å². The molecule has 0 aliphatic carbocycles.